The van der Waals surface area contributed by atoms with E-state index in [1.807, 2.05) is 0 Å². The van der Waals surface area contributed by atoms with Gasteiger partial charge in [0.1, 0.15) is 5.75 Å². The Morgan fingerprint density at radius 3 is 2.93 bits per heavy atom. The maximum atomic E-state index is 10.6. The van der Waals surface area contributed by atoms with E-state index in [4.69, 9.17) is 16.8 Å². The van der Waals surface area contributed by atoms with E-state index >= 15 is 0 Å². The van der Waals surface area contributed by atoms with Gasteiger partial charge in [-0.1, -0.05) is 6.07 Å². The van der Waals surface area contributed by atoms with Crippen LogP contribution >= 0.6 is 0 Å². The Kier molecular flexibility index (Phi) is 3.98. The summed E-state index contributed by atoms with van der Waals surface area (Å²) in [5, 5.41) is 8.71. The Morgan fingerprint density at radius 1 is 1.50 bits per heavy atom. The fourth-order valence-corrected chi connectivity index (χ4v) is 0.992. The molecule has 3 nitrogen and oxygen atoms in total. The molecule has 0 bridgehead atoms. The van der Waals surface area contributed by atoms with Crippen LogP contribution in [-0.4, -0.2) is 17.7 Å². The van der Waals surface area contributed by atoms with Gasteiger partial charge in [-0.05, 0) is 38.0 Å². The number of carboxylic acid groups (broad SMARTS) is 1. The molecule has 74 valence electrons. The van der Waals surface area contributed by atoms with Crippen LogP contribution in [0.5, 0.6) is 5.75 Å². The van der Waals surface area contributed by atoms with Gasteiger partial charge in [-0.2, -0.15) is 0 Å². The highest BCUT2D eigenvalue weighted by atomic mass is 16.5. The second kappa shape index (κ2) is 5.27. The molecule has 0 heterocycles. The first-order chi connectivity index (χ1) is 6.74. The normalized spacial score (nSPS) is 9.79. The number of carbonyl (C=O) groups is 1. The molecule has 14 heavy (non-hydrogen) atoms. The lowest BCUT2D eigenvalue weighted by Crippen LogP contribution is -1.99. The molecule has 0 saturated carbocycles. The molecule has 1 rings (SSSR count). The van der Waals surface area contributed by atoms with Crippen molar-refractivity contribution < 1.29 is 14.6 Å². The van der Waals surface area contributed by atoms with E-state index in [1.54, 1.807) is 12.1 Å². The van der Waals surface area contributed by atoms with Crippen molar-refractivity contribution in [2.24, 2.45) is 0 Å². The Balaban J connectivity index is 2.59. The third-order valence-electron chi connectivity index (χ3n) is 1.70. The summed E-state index contributed by atoms with van der Waals surface area (Å²) in [6, 6.07) is 6.40. The summed E-state index contributed by atoms with van der Waals surface area (Å²) in [5.74, 6) is -0.382. The fraction of sp³-hybridized carbons (Fsp3) is 0.273. The number of rotatable bonds is 5. The Bertz CT molecular complexity index is 307. The monoisotopic (exact) mass is 192 g/mol. The second-order valence-electron chi connectivity index (χ2n) is 2.82. The number of hydrogen-bond donors (Lipinski definition) is 1. The molecule has 1 N–H and O–H groups in total. The molecule has 0 atom stereocenters. The van der Waals surface area contributed by atoms with Crippen LogP contribution in [0.1, 0.15) is 23.2 Å². The zero-order valence-electron chi connectivity index (χ0n) is 7.77. The molecular formula is C11H12O3. The summed E-state index contributed by atoms with van der Waals surface area (Å²) in [7, 11) is 0. The zero-order valence-corrected chi connectivity index (χ0v) is 7.77. The number of hydrogen-bond acceptors (Lipinski definition) is 2. The first-order valence-corrected chi connectivity index (χ1v) is 4.40. The van der Waals surface area contributed by atoms with Gasteiger partial charge >= 0.3 is 5.97 Å². The predicted octanol–water partition coefficient (Wildman–Crippen LogP) is 2.25. The van der Waals surface area contributed by atoms with Crippen molar-refractivity contribution in [2.45, 2.75) is 12.8 Å². The summed E-state index contributed by atoms with van der Waals surface area (Å²) >= 11 is 0. The van der Waals surface area contributed by atoms with E-state index < -0.39 is 5.97 Å². The predicted molar refractivity (Wildman–Crippen MR) is 52.4 cm³/mol. The summed E-state index contributed by atoms with van der Waals surface area (Å²) in [5.41, 5.74) is 0.232. The van der Waals surface area contributed by atoms with Crippen LogP contribution in [0, 0.1) is 6.92 Å². The molecule has 0 saturated heterocycles. The SMILES string of the molecule is [CH]CCCOc1cccc(C(=O)O)c1. The molecule has 0 amide bonds. The minimum absolute atomic E-state index is 0.232. The van der Waals surface area contributed by atoms with E-state index in [9.17, 15) is 4.79 Å². The van der Waals surface area contributed by atoms with Crippen LogP contribution in [0.3, 0.4) is 0 Å². The lowest BCUT2D eigenvalue weighted by atomic mass is 10.2. The highest BCUT2D eigenvalue weighted by Crippen LogP contribution is 2.13. The molecular weight excluding hydrogens is 180 g/mol. The van der Waals surface area contributed by atoms with Crippen LogP contribution in [-0.2, 0) is 0 Å². The van der Waals surface area contributed by atoms with Crippen LogP contribution < -0.4 is 4.74 Å². The Morgan fingerprint density at radius 2 is 2.29 bits per heavy atom. The van der Waals surface area contributed by atoms with Crippen LogP contribution in [0.15, 0.2) is 24.3 Å². The maximum absolute atomic E-state index is 10.6. The summed E-state index contributed by atoms with van der Waals surface area (Å²) in [4.78, 5) is 10.6. The van der Waals surface area contributed by atoms with Crippen LogP contribution in [0.4, 0.5) is 0 Å². The standard InChI is InChI=1S/C11H12O3/c1-2-3-7-14-10-6-4-5-9(8-10)11(12)13/h1,4-6,8H,2-3,7H2,(H,12,13). The molecule has 0 spiro atoms. The van der Waals surface area contributed by atoms with Gasteiger partial charge in [0.25, 0.3) is 0 Å². The quantitative estimate of drug-likeness (QED) is 0.728. The lowest BCUT2D eigenvalue weighted by Gasteiger charge is -2.05. The van der Waals surface area contributed by atoms with Crippen molar-refractivity contribution in [3.8, 4) is 5.75 Å². The molecule has 1 aromatic rings. The maximum Gasteiger partial charge on any atom is 0.335 e. The van der Waals surface area contributed by atoms with Gasteiger partial charge < -0.3 is 9.84 Å². The molecule has 0 unspecified atom stereocenters. The first-order valence-electron chi connectivity index (χ1n) is 4.40. The van der Waals surface area contributed by atoms with Gasteiger partial charge in [-0.15, -0.1) is 0 Å². The van der Waals surface area contributed by atoms with Crippen molar-refractivity contribution >= 4 is 5.97 Å². The number of benzene rings is 1. The van der Waals surface area contributed by atoms with E-state index in [0.717, 1.165) is 6.42 Å². The highest BCUT2D eigenvalue weighted by Gasteiger charge is 2.02. The van der Waals surface area contributed by atoms with E-state index in [-0.39, 0.29) is 5.56 Å². The van der Waals surface area contributed by atoms with Crippen molar-refractivity contribution in [3.63, 3.8) is 0 Å². The van der Waals surface area contributed by atoms with Gasteiger partial charge in [0.15, 0.2) is 0 Å². The topological polar surface area (TPSA) is 46.5 Å². The molecule has 0 fully saturated rings. The molecule has 0 aromatic heterocycles. The third-order valence-corrected chi connectivity index (χ3v) is 1.70. The fourth-order valence-electron chi connectivity index (χ4n) is 0.992. The molecule has 1 aromatic carbocycles. The average Bonchev–Trinajstić information content (AvgIpc) is 2.19. The number of unbranched alkanes of at least 4 members (excludes halogenated alkanes) is 1. The number of carboxylic acids is 1. The van der Waals surface area contributed by atoms with Crippen molar-refractivity contribution in [2.75, 3.05) is 6.61 Å². The van der Waals surface area contributed by atoms with Gasteiger partial charge in [-0.25, -0.2) is 4.79 Å². The van der Waals surface area contributed by atoms with Crippen molar-refractivity contribution in [3.05, 3.63) is 36.8 Å². The first kappa shape index (κ1) is 10.6. The van der Waals surface area contributed by atoms with Gasteiger partial charge in [0.2, 0.25) is 0 Å². The van der Waals surface area contributed by atoms with E-state index in [1.165, 1.54) is 12.1 Å². The largest absolute Gasteiger partial charge is 0.494 e. The number of aromatic carboxylic acids is 1. The second-order valence-corrected chi connectivity index (χ2v) is 2.82. The van der Waals surface area contributed by atoms with Gasteiger partial charge in [0, 0.05) is 0 Å². The molecule has 2 radical (unpaired) electrons. The summed E-state index contributed by atoms with van der Waals surface area (Å²) < 4.78 is 5.29. The van der Waals surface area contributed by atoms with Crippen molar-refractivity contribution in [1.82, 2.24) is 0 Å². The van der Waals surface area contributed by atoms with Crippen LogP contribution in [0.25, 0.3) is 0 Å². The molecule has 0 aliphatic heterocycles. The van der Waals surface area contributed by atoms with Gasteiger partial charge in [0.05, 0.1) is 12.2 Å². The minimum Gasteiger partial charge on any atom is -0.494 e. The van der Waals surface area contributed by atoms with Crippen LogP contribution in [0.2, 0.25) is 0 Å². The smallest absolute Gasteiger partial charge is 0.335 e. The van der Waals surface area contributed by atoms with Crippen molar-refractivity contribution in [1.29, 1.82) is 0 Å². The van der Waals surface area contributed by atoms with Gasteiger partial charge in [-0.3, -0.25) is 0 Å². The zero-order chi connectivity index (χ0) is 10.4. The molecule has 3 heteroatoms. The number of ether oxygens (including phenoxy) is 1. The Labute approximate surface area is 83.3 Å². The average molecular weight is 192 g/mol. The summed E-state index contributed by atoms with van der Waals surface area (Å²) in [6.45, 7) is 5.81. The lowest BCUT2D eigenvalue weighted by molar-refractivity contribution is 0.0696. The van der Waals surface area contributed by atoms with E-state index in [0.29, 0.717) is 18.8 Å². The molecule has 0 aliphatic rings. The summed E-state index contributed by atoms with van der Waals surface area (Å²) in [6.07, 6.45) is 1.33. The minimum atomic E-state index is -0.950. The third kappa shape index (κ3) is 3.09. The Hall–Kier alpha value is -1.51. The molecule has 0 aliphatic carbocycles. The highest BCUT2D eigenvalue weighted by molar-refractivity contribution is 5.87. The van der Waals surface area contributed by atoms with E-state index in [2.05, 4.69) is 0 Å².